The van der Waals surface area contributed by atoms with E-state index >= 15 is 0 Å². The first-order valence-electron chi connectivity index (χ1n) is 6.51. The molecule has 2 aromatic rings. The van der Waals surface area contributed by atoms with Gasteiger partial charge in [-0.05, 0) is 43.7 Å². The Kier molecular flexibility index (Phi) is 4.31. The quantitative estimate of drug-likeness (QED) is 0.863. The van der Waals surface area contributed by atoms with Gasteiger partial charge in [0.05, 0.1) is 6.42 Å². The van der Waals surface area contributed by atoms with E-state index in [0.29, 0.717) is 17.7 Å². The van der Waals surface area contributed by atoms with Crippen LogP contribution in [0.2, 0.25) is 0 Å². The summed E-state index contributed by atoms with van der Waals surface area (Å²) in [6.45, 7) is 3.53. The van der Waals surface area contributed by atoms with Gasteiger partial charge in [0.15, 0.2) is 5.78 Å². The van der Waals surface area contributed by atoms with E-state index in [0.717, 1.165) is 5.56 Å². The number of carbonyl (C=O) groups excluding carboxylic acids is 2. The Hall–Kier alpha value is -2.42. The first-order chi connectivity index (χ1) is 9.54. The fraction of sp³-hybridized carbons (Fsp3) is 0.176. The molecule has 20 heavy (non-hydrogen) atoms. The first-order valence-corrected chi connectivity index (χ1v) is 6.51. The number of hydrogen-bond donors (Lipinski definition) is 1. The summed E-state index contributed by atoms with van der Waals surface area (Å²) in [5, 5.41) is 2.82. The van der Waals surface area contributed by atoms with Crippen LogP contribution in [0.15, 0.2) is 48.5 Å². The average Bonchev–Trinajstić information content (AvgIpc) is 2.42. The van der Waals surface area contributed by atoms with Crippen molar-refractivity contribution in [1.29, 1.82) is 0 Å². The highest BCUT2D eigenvalue weighted by molar-refractivity contribution is 5.96. The molecule has 0 heterocycles. The number of benzene rings is 2. The van der Waals surface area contributed by atoms with Gasteiger partial charge in [0.25, 0.3) is 0 Å². The number of Topliss-reactive ketones (excluding diaryl/α,β-unsaturated/α-hetero) is 1. The van der Waals surface area contributed by atoms with Crippen molar-refractivity contribution in [1.82, 2.24) is 0 Å². The van der Waals surface area contributed by atoms with E-state index in [1.807, 2.05) is 31.2 Å². The van der Waals surface area contributed by atoms with Gasteiger partial charge in [0.2, 0.25) is 5.91 Å². The van der Waals surface area contributed by atoms with Crippen LogP contribution in [0.25, 0.3) is 0 Å². The largest absolute Gasteiger partial charge is 0.326 e. The number of rotatable bonds is 4. The summed E-state index contributed by atoms with van der Waals surface area (Å²) in [5.74, 6) is -0.0491. The van der Waals surface area contributed by atoms with Crippen LogP contribution in [0.1, 0.15) is 28.4 Å². The third kappa shape index (κ3) is 3.79. The Bertz CT molecular complexity index is 612. The molecule has 0 saturated carbocycles. The van der Waals surface area contributed by atoms with Gasteiger partial charge in [0.1, 0.15) is 0 Å². The molecule has 0 bridgehead atoms. The van der Waals surface area contributed by atoms with Crippen LogP contribution >= 0.6 is 0 Å². The highest BCUT2D eigenvalue weighted by Gasteiger charge is 2.05. The van der Waals surface area contributed by atoms with E-state index in [1.165, 1.54) is 12.5 Å². The molecule has 0 atom stereocenters. The number of ketones is 1. The van der Waals surface area contributed by atoms with E-state index < -0.39 is 0 Å². The van der Waals surface area contributed by atoms with Crippen LogP contribution in [0.5, 0.6) is 0 Å². The maximum Gasteiger partial charge on any atom is 0.228 e. The second-order valence-electron chi connectivity index (χ2n) is 4.84. The predicted octanol–water partition coefficient (Wildman–Crippen LogP) is 3.38. The van der Waals surface area contributed by atoms with Crippen LogP contribution < -0.4 is 5.32 Å². The Labute approximate surface area is 118 Å². The third-order valence-electron chi connectivity index (χ3n) is 3.06. The molecule has 3 nitrogen and oxygen atoms in total. The van der Waals surface area contributed by atoms with E-state index in [1.54, 1.807) is 24.3 Å². The monoisotopic (exact) mass is 267 g/mol. The van der Waals surface area contributed by atoms with Crippen molar-refractivity contribution >= 4 is 17.4 Å². The lowest BCUT2D eigenvalue weighted by atomic mass is 10.1. The van der Waals surface area contributed by atoms with Crippen LogP contribution in [-0.2, 0) is 11.2 Å². The summed E-state index contributed by atoms with van der Waals surface area (Å²) in [6.07, 6.45) is 0.342. The van der Waals surface area contributed by atoms with Gasteiger partial charge in [-0.2, -0.15) is 0 Å². The zero-order valence-corrected chi connectivity index (χ0v) is 11.6. The summed E-state index contributed by atoms with van der Waals surface area (Å²) in [6, 6.07) is 14.8. The maximum atomic E-state index is 11.9. The molecule has 0 spiro atoms. The highest BCUT2D eigenvalue weighted by Crippen LogP contribution is 2.11. The summed E-state index contributed by atoms with van der Waals surface area (Å²) in [5.41, 5.74) is 3.50. The number of nitrogens with one attached hydrogen (secondary N) is 1. The van der Waals surface area contributed by atoms with Crippen LogP contribution in [0.4, 0.5) is 5.69 Å². The molecule has 2 rings (SSSR count). The smallest absolute Gasteiger partial charge is 0.228 e. The molecule has 0 fully saturated rings. The molecule has 0 unspecified atom stereocenters. The second-order valence-corrected chi connectivity index (χ2v) is 4.84. The van der Waals surface area contributed by atoms with E-state index in [-0.39, 0.29) is 11.7 Å². The Morgan fingerprint density at radius 3 is 2.10 bits per heavy atom. The minimum atomic E-state index is -0.0653. The Balaban J connectivity index is 1.97. The van der Waals surface area contributed by atoms with Gasteiger partial charge in [-0.1, -0.05) is 29.8 Å². The molecule has 0 aliphatic carbocycles. The normalized spacial score (nSPS) is 10.1. The van der Waals surface area contributed by atoms with E-state index in [9.17, 15) is 9.59 Å². The van der Waals surface area contributed by atoms with Gasteiger partial charge < -0.3 is 5.32 Å². The van der Waals surface area contributed by atoms with Gasteiger partial charge in [0, 0.05) is 11.3 Å². The van der Waals surface area contributed by atoms with Gasteiger partial charge in [-0.3, -0.25) is 9.59 Å². The number of anilines is 1. The molecule has 3 heteroatoms. The van der Waals surface area contributed by atoms with Gasteiger partial charge in [-0.25, -0.2) is 0 Å². The molecule has 2 aromatic carbocycles. The Morgan fingerprint density at radius 1 is 0.950 bits per heavy atom. The van der Waals surface area contributed by atoms with Crippen molar-refractivity contribution in [2.75, 3.05) is 5.32 Å². The average molecular weight is 267 g/mol. The zero-order valence-electron chi connectivity index (χ0n) is 11.6. The minimum absolute atomic E-state index is 0.0162. The molecule has 1 amide bonds. The van der Waals surface area contributed by atoms with Crippen LogP contribution in [-0.4, -0.2) is 11.7 Å². The van der Waals surface area contributed by atoms with Crippen molar-refractivity contribution in [2.45, 2.75) is 20.3 Å². The second kappa shape index (κ2) is 6.15. The van der Waals surface area contributed by atoms with E-state index in [4.69, 9.17) is 0 Å². The Morgan fingerprint density at radius 2 is 1.55 bits per heavy atom. The van der Waals surface area contributed by atoms with E-state index in [2.05, 4.69) is 5.32 Å². The number of hydrogen-bond acceptors (Lipinski definition) is 2. The lowest BCUT2D eigenvalue weighted by Crippen LogP contribution is -2.14. The zero-order chi connectivity index (χ0) is 14.5. The van der Waals surface area contributed by atoms with Crippen molar-refractivity contribution < 1.29 is 9.59 Å². The summed E-state index contributed by atoms with van der Waals surface area (Å²) >= 11 is 0. The van der Waals surface area contributed by atoms with Crippen molar-refractivity contribution in [3.8, 4) is 0 Å². The van der Waals surface area contributed by atoms with Crippen LogP contribution in [0.3, 0.4) is 0 Å². The topological polar surface area (TPSA) is 46.2 Å². The van der Waals surface area contributed by atoms with Crippen LogP contribution in [0, 0.1) is 6.92 Å². The van der Waals surface area contributed by atoms with Crippen molar-refractivity contribution in [2.24, 2.45) is 0 Å². The summed E-state index contributed by atoms with van der Waals surface area (Å²) in [7, 11) is 0. The third-order valence-corrected chi connectivity index (χ3v) is 3.06. The fourth-order valence-electron chi connectivity index (χ4n) is 1.88. The number of carbonyl (C=O) groups is 2. The van der Waals surface area contributed by atoms with Crippen molar-refractivity contribution in [3.05, 3.63) is 65.2 Å². The lowest BCUT2D eigenvalue weighted by Gasteiger charge is -2.06. The highest BCUT2D eigenvalue weighted by atomic mass is 16.1. The predicted molar refractivity (Wildman–Crippen MR) is 80.0 cm³/mol. The molecule has 0 radical (unpaired) electrons. The summed E-state index contributed by atoms with van der Waals surface area (Å²) in [4.78, 5) is 23.1. The van der Waals surface area contributed by atoms with Crippen molar-refractivity contribution in [3.63, 3.8) is 0 Å². The molecule has 1 N–H and O–H groups in total. The molecule has 0 aliphatic heterocycles. The molecule has 102 valence electrons. The molecular weight excluding hydrogens is 250 g/mol. The standard InChI is InChI=1S/C17H17NO2/c1-12-3-5-14(6-4-12)11-17(20)18-16-9-7-15(8-10-16)13(2)19/h3-10H,11H2,1-2H3,(H,18,20). The minimum Gasteiger partial charge on any atom is -0.326 e. The fourth-order valence-corrected chi connectivity index (χ4v) is 1.88. The maximum absolute atomic E-state index is 11.9. The molecule has 0 aromatic heterocycles. The molecule has 0 saturated heterocycles. The SMILES string of the molecule is CC(=O)c1ccc(NC(=O)Cc2ccc(C)cc2)cc1. The molecular formula is C17H17NO2. The van der Waals surface area contributed by atoms with Gasteiger partial charge >= 0.3 is 0 Å². The lowest BCUT2D eigenvalue weighted by molar-refractivity contribution is -0.115. The molecule has 0 aliphatic rings. The summed E-state index contributed by atoms with van der Waals surface area (Å²) < 4.78 is 0. The number of amides is 1. The first kappa shape index (κ1) is 14.0. The number of aryl methyl sites for hydroxylation is 1. The van der Waals surface area contributed by atoms with Gasteiger partial charge in [-0.15, -0.1) is 0 Å².